The minimum absolute atomic E-state index is 0.0889. The monoisotopic (exact) mass is 244 g/mol. The zero-order chi connectivity index (χ0) is 11.1. The Morgan fingerprint density at radius 1 is 1.40 bits per heavy atom. The molecule has 0 aromatic rings. The predicted molar refractivity (Wildman–Crippen MR) is 70.5 cm³/mol. The Kier molecular flexibility index (Phi) is 5.88. The molecule has 1 rings (SSSR count). The summed E-state index contributed by atoms with van der Waals surface area (Å²) in [6.45, 7) is 5.58. The number of hydrogen-bond donors (Lipinski definition) is 0. The summed E-state index contributed by atoms with van der Waals surface area (Å²) in [5, 5.41) is 9.15. The highest BCUT2D eigenvalue weighted by Crippen LogP contribution is 2.33. The molecule has 1 aliphatic heterocycles. The zero-order valence-corrected chi connectivity index (χ0v) is 11.3. The second kappa shape index (κ2) is 6.67. The molecule has 1 aliphatic rings. The van der Waals surface area contributed by atoms with Gasteiger partial charge in [0.2, 0.25) is 0 Å². The van der Waals surface area contributed by atoms with Crippen molar-refractivity contribution in [2.45, 2.75) is 24.5 Å². The molecule has 0 unspecified atom stereocenters. The lowest BCUT2D eigenvalue weighted by atomic mass is 9.97. The number of likely N-dealkylation sites (tertiary alicyclic amines) is 1. The van der Waals surface area contributed by atoms with Gasteiger partial charge in [-0.05, 0) is 24.9 Å². The normalized spacial score (nSPS) is 21.1. The summed E-state index contributed by atoms with van der Waals surface area (Å²) < 4.78 is -0.0889. The lowest BCUT2D eigenvalue weighted by Crippen LogP contribution is -2.42. The minimum atomic E-state index is -0.0889. The van der Waals surface area contributed by atoms with E-state index in [0.29, 0.717) is 0 Å². The first-order chi connectivity index (χ1) is 7.26. The third kappa shape index (κ3) is 3.90. The van der Waals surface area contributed by atoms with Crippen LogP contribution < -0.4 is 0 Å². The first-order valence-electron chi connectivity index (χ1n) is 5.53. The highest BCUT2D eigenvalue weighted by Gasteiger charge is 2.33. The van der Waals surface area contributed by atoms with Gasteiger partial charge in [-0.25, -0.2) is 0 Å². The van der Waals surface area contributed by atoms with Crippen LogP contribution in [0.5, 0.6) is 0 Å². The maximum Gasteiger partial charge on any atom is 0.104 e. The standard InChI is InChI=1S/C11H20N2S2/c1-3-15-9-8-13-6-4-11(10-12,14-2)5-7-13/h3-9H2,1-2H3. The maximum absolute atomic E-state index is 9.15. The fraction of sp³-hybridized carbons (Fsp3) is 0.909. The van der Waals surface area contributed by atoms with Crippen LogP contribution in [0.3, 0.4) is 0 Å². The van der Waals surface area contributed by atoms with Gasteiger partial charge in [0.25, 0.3) is 0 Å². The van der Waals surface area contributed by atoms with Gasteiger partial charge in [-0.2, -0.15) is 17.0 Å². The van der Waals surface area contributed by atoms with E-state index in [1.807, 2.05) is 11.8 Å². The molecule has 4 heteroatoms. The molecule has 86 valence electrons. The smallest absolute Gasteiger partial charge is 0.104 e. The molecule has 0 aromatic carbocycles. The average molecular weight is 244 g/mol. The molecule has 0 N–H and O–H groups in total. The van der Waals surface area contributed by atoms with Crippen molar-refractivity contribution in [2.24, 2.45) is 0 Å². The fourth-order valence-electron chi connectivity index (χ4n) is 1.84. The van der Waals surface area contributed by atoms with E-state index >= 15 is 0 Å². The van der Waals surface area contributed by atoms with Crippen LogP contribution in [0.4, 0.5) is 0 Å². The SMILES string of the molecule is CCSCCN1CCC(C#N)(SC)CC1. The summed E-state index contributed by atoms with van der Waals surface area (Å²) in [6.07, 6.45) is 4.12. The molecular formula is C11H20N2S2. The van der Waals surface area contributed by atoms with Crippen LogP contribution in [0.25, 0.3) is 0 Å². The summed E-state index contributed by atoms with van der Waals surface area (Å²) in [5.41, 5.74) is 0. The molecule has 0 spiro atoms. The minimum Gasteiger partial charge on any atom is -0.302 e. The Hall–Kier alpha value is 0.150. The third-order valence-corrected chi connectivity index (χ3v) is 5.17. The second-order valence-corrected chi connectivity index (χ2v) is 6.43. The Balaban J connectivity index is 2.26. The summed E-state index contributed by atoms with van der Waals surface area (Å²) in [6, 6.07) is 2.49. The molecule has 0 aliphatic carbocycles. The van der Waals surface area contributed by atoms with Gasteiger partial charge in [0.05, 0.1) is 6.07 Å². The first kappa shape index (κ1) is 13.2. The van der Waals surface area contributed by atoms with Crippen molar-refractivity contribution in [1.82, 2.24) is 4.90 Å². The number of thioether (sulfide) groups is 2. The van der Waals surface area contributed by atoms with Gasteiger partial charge >= 0.3 is 0 Å². The molecule has 1 fully saturated rings. The Bertz CT molecular complexity index is 217. The van der Waals surface area contributed by atoms with Crippen LogP contribution in [0, 0.1) is 11.3 Å². The summed E-state index contributed by atoms with van der Waals surface area (Å²) >= 11 is 3.73. The molecule has 0 saturated carbocycles. The van der Waals surface area contributed by atoms with Gasteiger partial charge in [-0.15, -0.1) is 11.8 Å². The van der Waals surface area contributed by atoms with Crippen molar-refractivity contribution < 1.29 is 0 Å². The molecule has 0 radical (unpaired) electrons. The largest absolute Gasteiger partial charge is 0.302 e. The van der Waals surface area contributed by atoms with Crippen LogP contribution in [0.15, 0.2) is 0 Å². The van der Waals surface area contributed by atoms with E-state index in [-0.39, 0.29) is 4.75 Å². The molecule has 0 amide bonds. The van der Waals surface area contributed by atoms with Gasteiger partial charge in [0.15, 0.2) is 0 Å². The molecule has 15 heavy (non-hydrogen) atoms. The van der Waals surface area contributed by atoms with E-state index in [0.717, 1.165) is 25.9 Å². The zero-order valence-electron chi connectivity index (χ0n) is 9.66. The molecule has 1 saturated heterocycles. The van der Waals surface area contributed by atoms with Crippen molar-refractivity contribution in [3.05, 3.63) is 0 Å². The van der Waals surface area contributed by atoms with Crippen LogP contribution >= 0.6 is 23.5 Å². The highest BCUT2D eigenvalue weighted by molar-refractivity contribution is 8.00. The van der Waals surface area contributed by atoms with Crippen molar-refractivity contribution in [2.75, 3.05) is 37.4 Å². The van der Waals surface area contributed by atoms with E-state index in [1.54, 1.807) is 11.8 Å². The van der Waals surface area contributed by atoms with Crippen LogP contribution in [0.1, 0.15) is 19.8 Å². The lowest BCUT2D eigenvalue weighted by Gasteiger charge is -2.36. The summed E-state index contributed by atoms with van der Waals surface area (Å²) in [5.74, 6) is 2.44. The fourth-order valence-corrected chi connectivity index (χ4v) is 3.20. The summed E-state index contributed by atoms with van der Waals surface area (Å²) in [4.78, 5) is 2.49. The van der Waals surface area contributed by atoms with Gasteiger partial charge in [-0.1, -0.05) is 6.92 Å². The molecule has 0 atom stereocenters. The van der Waals surface area contributed by atoms with Crippen LogP contribution in [-0.4, -0.2) is 47.0 Å². The molecule has 1 heterocycles. The topological polar surface area (TPSA) is 27.0 Å². The van der Waals surface area contributed by atoms with Crippen molar-refractivity contribution in [3.63, 3.8) is 0 Å². The molecule has 0 bridgehead atoms. The van der Waals surface area contributed by atoms with Crippen molar-refractivity contribution in [1.29, 1.82) is 5.26 Å². The van der Waals surface area contributed by atoms with Crippen molar-refractivity contribution in [3.8, 4) is 6.07 Å². The molecular weight excluding hydrogens is 224 g/mol. The number of rotatable bonds is 5. The van der Waals surface area contributed by atoms with Crippen LogP contribution in [0.2, 0.25) is 0 Å². The van der Waals surface area contributed by atoms with Gasteiger partial charge in [-0.3, -0.25) is 0 Å². The van der Waals surface area contributed by atoms with E-state index in [9.17, 15) is 0 Å². The number of piperidine rings is 1. The van der Waals surface area contributed by atoms with Gasteiger partial charge in [0, 0.05) is 25.4 Å². The Labute approximate surface area is 102 Å². The van der Waals surface area contributed by atoms with E-state index < -0.39 is 0 Å². The quantitative estimate of drug-likeness (QED) is 0.694. The molecule has 2 nitrogen and oxygen atoms in total. The Morgan fingerprint density at radius 3 is 2.53 bits per heavy atom. The van der Waals surface area contributed by atoms with Gasteiger partial charge in [0.1, 0.15) is 4.75 Å². The summed E-state index contributed by atoms with van der Waals surface area (Å²) in [7, 11) is 0. The second-order valence-electron chi connectivity index (χ2n) is 3.85. The first-order valence-corrected chi connectivity index (χ1v) is 7.91. The highest BCUT2D eigenvalue weighted by atomic mass is 32.2. The van der Waals surface area contributed by atoms with Crippen LogP contribution in [-0.2, 0) is 0 Å². The van der Waals surface area contributed by atoms with E-state index in [1.165, 1.54) is 18.1 Å². The molecule has 0 aromatic heterocycles. The van der Waals surface area contributed by atoms with Gasteiger partial charge < -0.3 is 4.90 Å². The predicted octanol–water partition coefficient (Wildman–Crippen LogP) is 2.46. The number of nitriles is 1. The maximum atomic E-state index is 9.15. The lowest BCUT2D eigenvalue weighted by molar-refractivity contribution is 0.229. The van der Waals surface area contributed by atoms with Crippen molar-refractivity contribution >= 4 is 23.5 Å². The van der Waals surface area contributed by atoms with E-state index in [4.69, 9.17) is 5.26 Å². The third-order valence-electron chi connectivity index (χ3n) is 3.01. The number of nitrogens with zero attached hydrogens (tertiary/aromatic N) is 2. The Morgan fingerprint density at radius 2 is 2.07 bits per heavy atom. The van der Waals surface area contributed by atoms with E-state index in [2.05, 4.69) is 24.1 Å². The number of hydrogen-bond acceptors (Lipinski definition) is 4. The average Bonchev–Trinajstić information content (AvgIpc) is 2.31.